The van der Waals surface area contributed by atoms with Crippen LogP contribution in [0, 0.1) is 0 Å². The van der Waals surface area contributed by atoms with Crippen LogP contribution in [0.4, 0.5) is 0 Å². The first-order valence-electron chi connectivity index (χ1n) is 15.0. The molecule has 0 unspecified atom stereocenters. The second-order valence-electron chi connectivity index (χ2n) is 13.0. The third-order valence-electron chi connectivity index (χ3n) is 8.41. The summed E-state index contributed by atoms with van der Waals surface area (Å²) in [4.78, 5) is 19.1. The van der Waals surface area contributed by atoms with Gasteiger partial charge >= 0.3 is 0 Å². The number of fused-ring (bicyclic) bond motifs is 6. The Bertz CT molecular complexity index is 2020. The third-order valence-corrected chi connectivity index (χ3v) is 11.3. The molecule has 0 spiro atoms. The average Bonchev–Trinajstić information content (AvgIpc) is 3.61. The van der Waals surface area contributed by atoms with Crippen molar-refractivity contribution < 1.29 is 0 Å². The highest BCUT2D eigenvalue weighted by molar-refractivity contribution is 8.15. The lowest BCUT2D eigenvalue weighted by Crippen LogP contribution is -2.15. The minimum Gasteiger partial charge on any atom is -0.271 e. The van der Waals surface area contributed by atoms with Gasteiger partial charge < -0.3 is 0 Å². The number of hydrogen-bond donors (Lipinski definition) is 0. The van der Waals surface area contributed by atoms with E-state index in [-0.39, 0.29) is 11.1 Å². The zero-order valence-corrected chi connectivity index (χ0v) is 26.9. The number of pyridine rings is 2. The van der Waals surface area contributed by atoms with E-state index < -0.39 is 0 Å². The lowest BCUT2D eigenvalue weighted by Gasteiger charge is -2.14. The summed E-state index contributed by atoms with van der Waals surface area (Å²) in [6, 6.07) is 26.9. The highest BCUT2D eigenvalue weighted by atomic mass is 32.2. The fourth-order valence-corrected chi connectivity index (χ4v) is 8.50. The summed E-state index contributed by atoms with van der Waals surface area (Å²) < 4.78 is 0. The van der Waals surface area contributed by atoms with E-state index in [2.05, 4.69) is 110 Å². The van der Waals surface area contributed by atoms with E-state index >= 15 is 0 Å². The molecule has 4 heterocycles. The number of thioether (sulfide) groups is 2. The predicted molar refractivity (Wildman–Crippen MR) is 192 cm³/mol. The van der Waals surface area contributed by atoms with E-state index in [1.165, 1.54) is 32.3 Å². The maximum atomic E-state index is 4.94. The lowest BCUT2D eigenvalue weighted by molar-refractivity contribution is 0.605. The zero-order valence-electron chi connectivity index (χ0n) is 25.3. The molecule has 0 N–H and O–H groups in total. The van der Waals surface area contributed by atoms with E-state index in [4.69, 9.17) is 9.98 Å². The van der Waals surface area contributed by atoms with Crippen molar-refractivity contribution in [2.75, 3.05) is 11.5 Å². The summed E-state index contributed by atoms with van der Waals surface area (Å²) >= 11 is 3.64. The van der Waals surface area contributed by atoms with Gasteiger partial charge in [-0.3, -0.25) is 20.0 Å². The van der Waals surface area contributed by atoms with Crippen molar-refractivity contribution in [1.82, 2.24) is 9.97 Å². The Labute approximate surface area is 266 Å². The topological polar surface area (TPSA) is 50.5 Å². The Morgan fingerprint density at radius 1 is 0.455 bits per heavy atom. The maximum Gasteiger partial charge on any atom is 0.1000 e. The van der Waals surface area contributed by atoms with E-state index in [1.807, 2.05) is 48.3 Å². The van der Waals surface area contributed by atoms with Crippen molar-refractivity contribution in [2.24, 2.45) is 9.98 Å². The summed E-state index contributed by atoms with van der Waals surface area (Å²) in [6.07, 6.45) is 7.79. The standard InChI is InChI=1S/C38H32N4S2/c1-37(2)21-43-35(41-37)27-13-25(17-39-19-27)23-9-11-31-32-12-10-24(16-34(32)30-8-6-5-7-29(30)33(31)15-23)26-14-28(20-40-18-26)36-42-38(3,4)22-44-36/h5-20H,21-22H2,1-4H3. The van der Waals surface area contributed by atoms with Crippen molar-refractivity contribution in [3.8, 4) is 22.3 Å². The molecule has 0 bridgehead atoms. The fraction of sp³-hybridized carbons (Fsp3) is 0.211. The molecule has 6 aromatic rings. The second-order valence-corrected chi connectivity index (χ2v) is 15.0. The minimum atomic E-state index is -0.0287. The van der Waals surface area contributed by atoms with Crippen molar-refractivity contribution in [3.63, 3.8) is 0 Å². The first-order chi connectivity index (χ1) is 21.2. The SMILES string of the molecule is CC1(C)CSC(c2cncc(-c3ccc4c5ccc(-c6cncc(C7=NC(C)(C)CS7)c6)cc5c5ccccc5c4c3)c2)=N1. The summed E-state index contributed by atoms with van der Waals surface area (Å²) in [7, 11) is 0. The minimum absolute atomic E-state index is 0.0287. The molecule has 2 aromatic heterocycles. The number of nitrogens with zero attached hydrogens (tertiary/aromatic N) is 4. The number of aromatic nitrogens is 2. The van der Waals surface area contributed by atoms with Gasteiger partial charge in [-0.2, -0.15) is 0 Å². The summed E-state index contributed by atoms with van der Waals surface area (Å²) in [5.74, 6) is 2.00. The molecule has 0 atom stereocenters. The smallest absolute Gasteiger partial charge is 0.1000 e. The Kier molecular flexibility index (Phi) is 6.44. The summed E-state index contributed by atoms with van der Waals surface area (Å²) in [6.45, 7) is 8.74. The molecular weight excluding hydrogens is 577 g/mol. The van der Waals surface area contributed by atoms with Crippen LogP contribution in [0.1, 0.15) is 38.8 Å². The Morgan fingerprint density at radius 3 is 1.27 bits per heavy atom. The molecule has 0 aliphatic carbocycles. The van der Waals surface area contributed by atoms with Crippen LogP contribution in [0.2, 0.25) is 0 Å². The van der Waals surface area contributed by atoms with E-state index in [0.717, 1.165) is 55.0 Å². The molecule has 4 nitrogen and oxygen atoms in total. The van der Waals surface area contributed by atoms with Gasteiger partial charge in [0.05, 0.1) is 21.2 Å². The normalized spacial score (nSPS) is 17.4. The van der Waals surface area contributed by atoms with Crippen LogP contribution >= 0.6 is 23.5 Å². The maximum absolute atomic E-state index is 4.94. The van der Waals surface area contributed by atoms with Crippen LogP contribution in [0.15, 0.2) is 108 Å². The van der Waals surface area contributed by atoms with Crippen LogP contribution in [-0.2, 0) is 0 Å². The van der Waals surface area contributed by atoms with Crippen LogP contribution in [-0.4, -0.2) is 42.6 Å². The van der Waals surface area contributed by atoms with Crippen LogP contribution in [0.3, 0.4) is 0 Å². The highest BCUT2D eigenvalue weighted by Crippen LogP contribution is 2.40. The molecule has 0 radical (unpaired) electrons. The van der Waals surface area contributed by atoms with Gasteiger partial charge in [-0.25, -0.2) is 0 Å². The largest absolute Gasteiger partial charge is 0.271 e. The zero-order chi connectivity index (χ0) is 30.1. The van der Waals surface area contributed by atoms with Crippen molar-refractivity contribution in [2.45, 2.75) is 38.8 Å². The van der Waals surface area contributed by atoms with Crippen LogP contribution in [0.5, 0.6) is 0 Å². The van der Waals surface area contributed by atoms with E-state index in [9.17, 15) is 0 Å². The van der Waals surface area contributed by atoms with Gasteiger partial charge in [0.2, 0.25) is 0 Å². The Balaban J connectivity index is 1.24. The fourth-order valence-electron chi connectivity index (χ4n) is 6.21. The molecule has 2 aliphatic rings. The number of rotatable bonds is 4. The Hall–Kier alpha value is -4.00. The molecule has 6 heteroatoms. The molecule has 216 valence electrons. The molecule has 8 rings (SSSR count). The van der Waals surface area contributed by atoms with Crippen molar-refractivity contribution >= 4 is 65.9 Å². The van der Waals surface area contributed by atoms with Gasteiger partial charge in [-0.05, 0) is 95.4 Å². The van der Waals surface area contributed by atoms with E-state index in [0.29, 0.717) is 0 Å². The van der Waals surface area contributed by atoms with Crippen molar-refractivity contribution in [3.05, 3.63) is 109 Å². The van der Waals surface area contributed by atoms with Gasteiger partial charge in [-0.1, -0.05) is 48.5 Å². The lowest BCUT2D eigenvalue weighted by atomic mass is 9.90. The second kappa shape index (κ2) is 10.3. The van der Waals surface area contributed by atoms with Gasteiger partial charge in [0.1, 0.15) is 0 Å². The number of hydrogen-bond acceptors (Lipinski definition) is 6. The molecule has 4 aromatic carbocycles. The third kappa shape index (κ3) is 4.90. The Morgan fingerprint density at radius 2 is 0.864 bits per heavy atom. The number of aliphatic imine (C=N–C) groups is 2. The molecular formula is C38H32N4S2. The molecule has 0 saturated heterocycles. The quantitative estimate of drug-likeness (QED) is 0.187. The molecule has 0 amide bonds. The molecule has 0 fully saturated rings. The van der Waals surface area contributed by atoms with Gasteiger partial charge in [0.25, 0.3) is 0 Å². The number of benzene rings is 4. The summed E-state index contributed by atoms with van der Waals surface area (Å²) in [5.41, 5.74) is 6.67. The van der Waals surface area contributed by atoms with Gasteiger partial charge in [0, 0.05) is 58.5 Å². The molecule has 2 aliphatic heterocycles. The monoisotopic (exact) mass is 608 g/mol. The average molecular weight is 609 g/mol. The first-order valence-corrected chi connectivity index (χ1v) is 17.0. The van der Waals surface area contributed by atoms with Crippen LogP contribution in [0.25, 0.3) is 54.6 Å². The summed E-state index contributed by atoms with van der Waals surface area (Å²) in [5, 5.41) is 9.67. The van der Waals surface area contributed by atoms with Crippen LogP contribution < -0.4 is 0 Å². The van der Waals surface area contributed by atoms with Gasteiger partial charge in [-0.15, -0.1) is 23.5 Å². The first kappa shape index (κ1) is 27.5. The molecule has 0 saturated carbocycles. The predicted octanol–water partition coefficient (Wildman–Crippen LogP) is 9.81. The van der Waals surface area contributed by atoms with Gasteiger partial charge in [0.15, 0.2) is 0 Å². The highest BCUT2D eigenvalue weighted by Gasteiger charge is 2.27. The molecule has 44 heavy (non-hydrogen) atoms. The van der Waals surface area contributed by atoms with Crippen molar-refractivity contribution in [1.29, 1.82) is 0 Å². The van der Waals surface area contributed by atoms with E-state index in [1.54, 1.807) is 0 Å².